The largest absolute Gasteiger partial charge is 0.408 e. The SMILES string of the molecule is CN=C(C(=O)NC(C=CN)=NCC(F)(F)F)c1c(N)c(C)c[nH]c1=O. The van der Waals surface area contributed by atoms with Crippen molar-refractivity contribution in [1.29, 1.82) is 0 Å². The molecular weight excluding hydrogens is 341 g/mol. The molecule has 1 aromatic rings. The lowest BCUT2D eigenvalue weighted by atomic mass is 10.1. The third-order valence-electron chi connectivity index (χ3n) is 2.94. The molecule has 0 bridgehead atoms. The van der Waals surface area contributed by atoms with Crippen molar-refractivity contribution in [1.82, 2.24) is 10.3 Å². The summed E-state index contributed by atoms with van der Waals surface area (Å²) >= 11 is 0. The van der Waals surface area contributed by atoms with Gasteiger partial charge in [0.1, 0.15) is 18.1 Å². The number of halogens is 3. The van der Waals surface area contributed by atoms with E-state index in [2.05, 4.69) is 20.3 Å². The predicted molar refractivity (Wildman–Crippen MR) is 88.5 cm³/mol. The van der Waals surface area contributed by atoms with E-state index in [4.69, 9.17) is 11.5 Å². The molecule has 1 amide bonds. The summed E-state index contributed by atoms with van der Waals surface area (Å²) in [4.78, 5) is 33.6. The van der Waals surface area contributed by atoms with Crippen molar-refractivity contribution >= 4 is 23.1 Å². The quantitative estimate of drug-likeness (QED) is 0.452. The number of aromatic amines is 1. The number of nitrogens with two attached hydrogens (primary N) is 2. The number of nitrogens with zero attached hydrogens (tertiary/aromatic N) is 2. The fraction of sp³-hybridized carbons (Fsp3) is 0.286. The van der Waals surface area contributed by atoms with E-state index in [0.717, 1.165) is 12.3 Å². The van der Waals surface area contributed by atoms with Gasteiger partial charge in [0.05, 0.1) is 11.3 Å². The normalized spacial score (nSPS) is 13.3. The number of aliphatic imine (C=N–C) groups is 2. The van der Waals surface area contributed by atoms with Crippen molar-refractivity contribution < 1.29 is 18.0 Å². The highest BCUT2D eigenvalue weighted by atomic mass is 19.4. The average molecular weight is 358 g/mol. The first-order valence-electron chi connectivity index (χ1n) is 6.86. The maximum absolute atomic E-state index is 12.3. The summed E-state index contributed by atoms with van der Waals surface area (Å²) in [6.07, 6.45) is -1.31. The third-order valence-corrected chi connectivity index (χ3v) is 2.94. The number of hydrogen-bond donors (Lipinski definition) is 4. The van der Waals surface area contributed by atoms with Crippen molar-refractivity contribution in [3.8, 4) is 0 Å². The molecule has 1 aromatic heterocycles. The van der Waals surface area contributed by atoms with Crippen LogP contribution in [0.2, 0.25) is 0 Å². The molecule has 1 heterocycles. The lowest BCUT2D eigenvalue weighted by Crippen LogP contribution is -2.39. The van der Waals surface area contributed by atoms with E-state index in [1.54, 1.807) is 6.92 Å². The number of amides is 1. The monoisotopic (exact) mass is 358 g/mol. The number of nitrogen functional groups attached to an aromatic ring is 1. The van der Waals surface area contributed by atoms with Gasteiger partial charge in [-0.3, -0.25) is 19.6 Å². The van der Waals surface area contributed by atoms with Gasteiger partial charge < -0.3 is 21.8 Å². The Kier molecular flexibility index (Phi) is 6.48. The third kappa shape index (κ3) is 5.48. The molecule has 0 aliphatic heterocycles. The summed E-state index contributed by atoms with van der Waals surface area (Å²) in [5.74, 6) is -1.39. The van der Waals surface area contributed by atoms with Gasteiger partial charge in [0.15, 0.2) is 0 Å². The number of carbonyl (C=O) groups is 1. The highest BCUT2D eigenvalue weighted by molar-refractivity contribution is 6.48. The van der Waals surface area contributed by atoms with Crippen molar-refractivity contribution in [3.05, 3.63) is 40.0 Å². The van der Waals surface area contributed by atoms with Gasteiger partial charge in [-0.2, -0.15) is 13.2 Å². The van der Waals surface area contributed by atoms with Gasteiger partial charge in [0.2, 0.25) is 0 Å². The van der Waals surface area contributed by atoms with Crippen molar-refractivity contribution in [2.24, 2.45) is 15.7 Å². The summed E-state index contributed by atoms with van der Waals surface area (Å²) in [6, 6.07) is 0. The first-order valence-corrected chi connectivity index (χ1v) is 6.86. The van der Waals surface area contributed by atoms with Crippen LogP contribution in [0.1, 0.15) is 11.1 Å². The molecule has 0 aromatic carbocycles. The van der Waals surface area contributed by atoms with Crippen molar-refractivity contribution in [2.45, 2.75) is 13.1 Å². The number of nitrogens with one attached hydrogen (secondary N) is 2. The van der Waals surface area contributed by atoms with Crippen LogP contribution in [-0.2, 0) is 4.79 Å². The molecule has 6 N–H and O–H groups in total. The summed E-state index contributed by atoms with van der Waals surface area (Å²) in [7, 11) is 1.24. The van der Waals surface area contributed by atoms with E-state index in [1.165, 1.54) is 13.2 Å². The van der Waals surface area contributed by atoms with Crippen LogP contribution >= 0.6 is 0 Å². The number of anilines is 1. The van der Waals surface area contributed by atoms with Gasteiger partial charge in [-0.05, 0) is 24.8 Å². The Morgan fingerprint density at radius 3 is 2.60 bits per heavy atom. The zero-order valence-electron chi connectivity index (χ0n) is 13.4. The molecule has 11 heteroatoms. The maximum atomic E-state index is 12.3. The van der Waals surface area contributed by atoms with E-state index in [9.17, 15) is 22.8 Å². The molecule has 0 atom stereocenters. The maximum Gasteiger partial charge on any atom is 0.408 e. The first kappa shape index (κ1) is 19.9. The Balaban J connectivity index is 3.20. The zero-order chi connectivity index (χ0) is 19.2. The van der Waals surface area contributed by atoms with Crippen LogP contribution in [0, 0.1) is 6.92 Å². The average Bonchev–Trinajstić information content (AvgIpc) is 2.52. The second-order valence-electron chi connectivity index (χ2n) is 4.79. The fourth-order valence-electron chi connectivity index (χ4n) is 1.78. The fourth-order valence-corrected chi connectivity index (χ4v) is 1.78. The highest BCUT2D eigenvalue weighted by Gasteiger charge is 2.27. The van der Waals surface area contributed by atoms with Crippen molar-refractivity contribution in [2.75, 3.05) is 19.3 Å². The number of pyridine rings is 1. The molecule has 0 saturated carbocycles. The Morgan fingerprint density at radius 2 is 2.08 bits per heavy atom. The van der Waals surface area contributed by atoms with E-state index < -0.39 is 30.0 Å². The van der Waals surface area contributed by atoms with Gasteiger partial charge in [-0.15, -0.1) is 0 Å². The molecule has 0 unspecified atom stereocenters. The van der Waals surface area contributed by atoms with Crippen LogP contribution in [0.4, 0.5) is 18.9 Å². The zero-order valence-corrected chi connectivity index (χ0v) is 13.4. The number of aromatic nitrogens is 1. The highest BCUT2D eigenvalue weighted by Crippen LogP contribution is 2.15. The summed E-state index contributed by atoms with van der Waals surface area (Å²) in [5.41, 5.74) is 10.3. The number of carbonyl (C=O) groups excluding carboxylic acids is 1. The number of alkyl halides is 3. The molecule has 0 fully saturated rings. The summed E-state index contributed by atoms with van der Waals surface area (Å²) in [6.45, 7) is 0.0893. The molecule has 0 saturated heterocycles. The van der Waals surface area contributed by atoms with E-state index in [0.29, 0.717) is 5.56 Å². The smallest absolute Gasteiger partial charge is 0.404 e. The predicted octanol–water partition coefficient (Wildman–Crippen LogP) is 0.234. The Labute approximate surface area is 140 Å². The van der Waals surface area contributed by atoms with E-state index in [1.807, 2.05) is 0 Å². The lowest BCUT2D eigenvalue weighted by Gasteiger charge is -2.11. The van der Waals surface area contributed by atoms with Gasteiger partial charge in [0, 0.05) is 13.2 Å². The van der Waals surface area contributed by atoms with E-state index >= 15 is 0 Å². The van der Waals surface area contributed by atoms with Crippen LogP contribution in [0.3, 0.4) is 0 Å². The van der Waals surface area contributed by atoms with Crippen LogP contribution < -0.4 is 22.3 Å². The van der Waals surface area contributed by atoms with Gasteiger partial charge in [-0.25, -0.2) is 0 Å². The Bertz CT molecular complexity index is 793. The topological polar surface area (TPSA) is 139 Å². The van der Waals surface area contributed by atoms with Gasteiger partial charge in [-0.1, -0.05) is 0 Å². The molecule has 0 radical (unpaired) electrons. The molecule has 1 rings (SSSR count). The molecule has 25 heavy (non-hydrogen) atoms. The van der Waals surface area contributed by atoms with Gasteiger partial charge >= 0.3 is 6.18 Å². The standard InChI is InChI=1S/C14H17F3N6O2/c1-7-5-21-12(24)9(10(7)19)11(20-2)13(25)23-8(3-4-18)22-6-14(15,16)17/h3-5H,6,18H2,1-2H3,(H3,19,21,24)(H,22,23,25). The number of rotatable bonds is 4. The molecule has 0 aliphatic carbocycles. The minimum Gasteiger partial charge on any atom is -0.404 e. The molecular formula is C14H17F3N6O2. The number of H-pyrrole nitrogens is 1. The molecule has 8 nitrogen and oxygen atoms in total. The van der Waals surface area contributed by atoms with Crippen LogP contribution in [0.25, 0.3) is 0 Å². The number of aryl methyl sites for hydroxylation is 1. The van der Waals surface area contributed by atoms with E-state index in [-0.39, 0.29) is 17.0 Å². The first-order chi connectivity index (χ1) is 11.6. The minimum atomic E-state index is -4.56. The Morgan fingerprint density at radius 1 is 1.44 bits per heavy atom. The molecule has 0 aliphatic rings. The summed E-state index contributed by atoms with van der Waals surface area (Å²) in [5, 5.41) is 2.12. The minimum absolute atomic E-state index is 0.0302. The van der Waals surface area contributed by atoms with Crippen molar-refractivity contribution in [3.63, 3.8) is 0 Å². The number of hydrogen-bond acceptors (Lipinski definition) is 6. The molecule has 136 valence electrons. The van der Waals surface area contributed by atoms with Crippen LogP contribution in [0.5, 0.6) is 0 Å². The number of amidine groups is 1. The van der Waals surface area contributed by atoms with Gasteiger partial charge in [0.25, 0.3) is 11.5 Å². The summed E-state index contributed by atoms with van der Waals surface area (Å²) < 4.78 is 36.8. The lowest BCUT2D eigenvalue weighted by molar-refractivity contribution is -0.118. The second kappa shape index (κ2) is 8.13. The van der Waals surface area contributed by atoms with Crippen LogP contribution in [-0.4, -0.2) is 42.2 Å². The second-order valence-corrected chi connectivity index (χ2v) is 4.79. The van der Waals surface area contributed by atoms with Crippen LogP contribution in [0.15, 0.2) is 33.3 Å². The Hall–Kier alpha value is -3.11. The molecule has 0 spiro atoms.